The second kappa shape index (κ2) is 4.46. The SMILES string of the molecule is c1ccc(-c2ncc3c(n2)-c2ccccc2OC3)cc1. The topological polar surface area (TPSA) is 35.0 Å². The minimum Gasteiger partial charge on any atom is -0.488 e. The average molecular weight is 260 g/mol. The summed E-state index contributed by atoms with van der Waals surface area (Å²) in [4.78, 5) is 9.18. The standard InChI is InChI=1S/C17H12N2O/c1-2-6-12(7-3-1)17-18-10-13-11-20-15-9-5-4-8-14(15)16(13)19-17/h1-10H,11H2. The van der Waals surface area contributed by atoms with Crippen molar-refractivity contribution >= 4 is 0 Å². The molecule has 3 heteroatoms. The molecule has 3 aromatic rings. The molecular formula is C17H12N2O. The Labute approximate surface area is 116 Å². The second-order valence-corrected chi connectivity index (χ2v) is 4.72. The fourth-order valence-electron chi connectivity index (χ4n) is 2.42. The van der Waals surface area contributed by atoms with Crippen molar-refractivity contribution in [1.29, 1.82) is 0 Å². The fraction of sp³-hybridized carbons (Fsp3) is 0.0588. The predicted molar refractivity (Wildman–Crippen MR) is 77.2 cm³/mol. The first kappa shape index (κ1) is 11.2. The molecule has 2 heterocycles. The van der Waals surface area contributed by atoms with E-state index >= 15 is 0 Å². The lowest BCUT2D eigenvalue weighted by molar-refractivity contribution is 0.301. The number of fused-ring (bicyclic) bond motifs is 3. The number of rotatable bonds is 1. The summed E-state index contributed by atoms with van der Waals surface area (Å²) in [6.07, 6.45) is 1.86. The summed E-state index contributed by atoms with van der Waals surface area (Å²) >= 11 is 0. The van der Waals surface area contributed by atoms with E-state index in [-0.39, 0.29) is 0 Å². The minimum atomic E-state index is 0.529. The van der Waals surface area contributed by atoms with Gasteiger partial charge < -0.3 is 4.74 Å². The highest BCUT2D eigenvalue weighted by Crippen LogP contribution is 2.36. The van der Waals surface area contributed by atoms with Crippen LogP contribution in [0, 0.1) is 0 Å². The first-order chi connectivity index (χ1) is 9.92. The Kier molecular flexibility index (Phi) is 2.49. The van der Waals surface area contributed by atoms with Crippen LogP contribution in [0.2, 0.25) is 0 Å². The van der Waals surface area contributed by atoms with E-state index in [0.29, 0.717) is 6.61 Å². The number of hydrogen-bond donors (Lipinski definition) is 0. The number of para-hydroxylation sites is 1. The Morgan fingerprint density at radius 2 is 1.70 bits per heavy atom. The molecule has 1 aliphatic heterocycles. The monoisotopic (exact) mass is 260 g/mol. The average Bonchev–Trinajstić information content (AvgIpc) is 2.55. The molecule has 1 aromatic heterocycles. The molecule has 20 heavy (non-hydrogen) atoms. The molecule has 1 aliphatic rings. The summed E-state index contributed by atoms with van der Waals surface area (Å²) in [5.41, 5.74) is 4.07. The van der Waals surface area contributed by atoms with Crippen LogP contribution in [0.15, 0.2) is 60.8 Å². The van der Waals surface area contributed by atoms with Crippen LogP contribution in [-0.4, -0.2) is 9.97 Å². The van der Waals surface area contributed by atoms with Gasteiger partial charge in [-0.15, -0.1) is 0 Å². The molecule has 0 saturated heterocycles. The van der Waals surface area contributed by atoms with Gasteiger partial charge in [0.2, 0.25) is 0 Å². The van der Waals surface area contributed by atoms with Crippen LogP contribution >= 0.6 is 0 Å². The number of aromatic nitrogens is 2. The van der Waals surface area contributed by atoms with Crippen LogP contribution in [0.4, 0.5) is 0 Å². The van der Waals surface area contributed by atoms with E-state index in [0.717, 1.165) is 34.0 Å². The van der Waals surface area contributed by atoms with Crippen LogP contribution in [0.25, 0.3) is 22.6 Å². The lowest BCUT2D eigenvalue weighted by atomic mass is 10.0. The second-order valence-electron chi connectivity index (χ2n) is 4.72. The van der Waals surface area contributed by atoms with Gasteiger partial charge in [0.05, 0.1) is 5.69 Å². The van der Waals surface area contributed by atoms with E-state index in [1.54, 1.807) is 0 Å². The molecule has 2 aromatic carbocycles. The Bertz CT molecular complexity index is 769. The van der Waals surface area contributed by atoms with Crippen molar-refractivity contribution in [2.75, 3.05) is 0 Å². The summed E-state index contributed by atoms with van der Waals surface area (Å²) in [6.45, 7) is 0.529. The Morgan fingerprint density at radius 3 is 2.60 bits per heavy atom. The summed E-state index contributed by atoms with van der Waals surface area (Å²) in [5.74, 6) is 1.64. The van der Waals surface area contributed by atoms with Crippen LogP contribution in [0.3, 0.4) is 0 Å². The van der Waals surface area contributed by atoms with Crippen LogP contribution < -0.4 is 4.74 Å². The first-order valence-electron chi connectivity index (χ1n) is 6.55. The Morgan fingerprint density at radius 1 is 0.900 bits per heavy atom. The van der Waals surface area contributed by atoms with Crippen molar-refractivity contribution in [1.82, 2.24) is 9.97 Å². The van der Waals surface area contributed by atoms with Gasteiger partial charge in [-0.05, 0) is 12.1 Å². The zero-order chi connectivity index (χ0) is 13.4. The van der Waals surface area contributed by atoms with E-state index in [4.69, 9.17) is 9.72 Å². The van der Waals surface area contributed by atoms with Gasteiger partial charge in [-0.25, -0.2) is 9.97 Å². The maximum atomic E-state index is 5.72. The van der Waals surface area contributed by atoms with Gasteiger partial charge in [-0.1, -0.05) is 42.5 Å². The molecule has 0 fully saturated rings. The fourth-order valence-corrected chi connectivity index (χ4v) is 2.42. The van der Waals surface area contributed by atoms with Gasteiger partial charge >= 0.3 is 0 Å². The molecule has 96 valence electrons. The maximum Gasteiger partial charge on any atom is 0.159 e. The zero-order valence-corrected chi connectivity index (χ0v) is 10.8. The summed E-state index contributed by atoms with van der Waals surface area (Å²) < 4.78 is 5.72. The highest BCUT2D eigenvalue weighted by molar-refractivity contribution is 5.73. The third kappa shape index (κ3) is 1.75. The molecule has 0 atom stereocenters. The van der Waals surface area contributed by atoms with Crippen molar-refractivity contribution in [2.24, 2.45) is 0 Å². The van der Waals surface area contributed by atoms with Gasteiger partial charge in [0, 0.05) is 22.9 Å². The smallest absolute Gasteiger partial charge is 0.159 e. The number of ether oxygens (including phenoxy) is 1. The van der Waals surface area contributed by atoms with Gasteiger partial charge in [-0.2, -0.15) is 0 Å². The summed E-state index contributed by atoms with van der Waals surface area (Å²) in [5, 5.41) is 0. The third-order valence-corrected chi connectivity index (χ3v) is 3.42. The molecule has 0 unspecified atom stereocenters. The highest BCUT2D eigenvalue weighted by Gasteiger charge is 2.19. The van der Waals surface area contributed by atoms with Gasteiger partial charge in [-0.3, -0.25) is 0 Å². The molecule has 0 amide bonds. The lowest BCUT2D eigenvalue weighted by Crippen LogP contribution is -2.08. The summed E-state index contributed by atoms with van der Waals surface area (Å²) in [7, 11) is 0. The first-order valence-corrected chi connectivity index (χ1v) is 6.55. The molecule has 0 aliphatic carbocycles. The minimum absolute atomic E-state index is 0.529. The highest BCUT2D eigenvalue weighted by atomic mass is 16.5. The van der Waals surface area contributed by atoms with E-state index in [2.05, 4.69) is 4.98 Å². The van der Waals surface area contributed by atoms with Crippen molar-refractivity contribution in [2.45, 2.75) is 6.61 Å². The van der Waals surface area contributed by atoms with Crippen LogP contribution in [-0.2, 0) is 6.61 Å². The van der Waals surface area contributed by atoms with Gasteiger partial charge in [0.1, 0.15) is 12.4 Å². The quantitative estimate of drug-likeness (QED) is 0.669. The van der Waals surface area contributed by atoms with Crippen molar-refractivity contribution in [3.63, 3.8) is 0 Å². The zero-order valence-electron chi connectivity index (χ0n) is 10.8. The molecule has 0 bridgehead atoms. The maximum absolute atomic E-state index is 5.72. The van der Waals surface area contributed by atoms with E-state index in [1.165, 1.54) is 0 Å². The van der Waals surface area contributed by atoms with Gasteiger partial charge in [0.25, 0.3) is 0 Å². The molecular weight excluding hydrogens is 248 g/mol. The number of nitrogens with zero attached hydrogens (tertiary/aromatic N) is 2. The van der Waals surface area contributed by atoms with Crippen LogP contribution in [0.5, 0.6) is 5.75 Å². The van der Waals surface area contributed by atoms with Crippen LogP contribution in [0.1, 0.15) is 5.56 Å². The van der Waals surface area contributed by atoms with E-state index < -0.39 is 0 Å². The molecule has 4 rings (SSSR count). The molecule has 0 N–H and O–H groups in total. The van der Waals surface area contributed by atoms with Crippen molar-refractivity contribution in [3.05, 3.63) is 66.4 Å². The molecule has 3 nitrogen and oxygen atoms in total. The predicted octanol–water partition coefficient (Wildman–Crippen LogP) is 3.70. The molecule has 0 saturated carbocycles. The molecule has 0 spiro atoms. The van der Waals surface area contributed by atoms with Crippen molar-refractivity contribution in [3.8, 4) is 28.4 Å². The van der Waals surface area contributed by atoms with E-state index in [1.807, 2.05) is 60.8 Å². The number of hydrogen-bond acceptors (Lipinski definition) is 3. The molecule has 0 radical (unpaired) electrons. The van der Waals surface area contributed by atoms with Crippen molar-refractivity contribution < 1.29 is 4.74 Å². The number of benzene rings is 2. The normalized spacial score (nSPS) is 12.2. The summed E-state index contributed by atoms with van der Waals surface area (Å²) in [6, 6.07) is 18.0. The van der Waals surface area contributed by atoms with E-state index in [9.17, 15) is 0 Å². The third-order valence-electron chi connectivity index (χ3n) is 3.42. The lowest BCUT2D eigenvalue weighted by Gasteiger charge is -2.19. The Balaban J connectivity index is 1.90. The largest absolute Gasteiger partial charge is 0.488 e. The van der Waals surface area contributed by atoms with Gasteiger partial charge in [0.15, 0.2) is 5.82 Å². The Hall–Kier alpha value is -2.68.